The summed E-state index contributed by atoms with van der Waals surface area (Å²) in [5, 5.41) is 0. The second-order valence-corrected chi connectivity index (χ2v) is 11.1. The predicted molar refractivity (Wildman–Crippen MR) is 123 cm³/mol. The number of hydrogen-bond donors (Lipinski definition) is 0. The normalized spacial score (nSPS) is 27.1. The quantitative estimate of drug-likeness (QED) is 0.255. The second-order valence-electron chi connectivity index (χ2n) is 11.1. The van der Waals surface area contributed by atoms with Crippen molar-refractivity contribution in [2.45, 2.75) is 130 Å². The highest BCUT2D eigenvalue weighted by Gasteiger charge is 2.36. The van der Waals surface area contributed by atoms with Crippen molar-refractivity contribution in [1.29, 1.82) is 0 Å². The molecule has 6 nitrogen and oxygen atoms in total. The molecule has 2 rings (SSSR count). The molecule has 4 atom stereocenters. The molecule has 2 fully saturated rings. The third-order valence-corrected chi connectivity index (χ3v) is 7.50. The molecule has 0 aliphatic heterocycles. The number of rotatable bonds is 11. The van der Waals surface area contributed by atoms with E-state index < -0.39 is 11.2 Å². The molecule has 0 aromatic carbocycles. The van der Waals surface area contributed by atoms with Crippen molar-refractivity contribution >= 4 is 11.9 Å². The van der Waals surface area contributed by atoms with E-state index >= 15 is 0 Å². The molecule has 2 aliphatic carbocycles. The zero-order chi connectivity index (χ0) is 23.8. The van der Waals surface area contributed by atoms with Gasteiger partial charge in [-0.25, -0.2) is 9.59 Å². The molecule has 0 aromatic rings. The minimum Gasteiger partial charge on any atom is -0.297 e. The molecule has 0 saturated heterocycles. The molecular weight excluding hydrogens is 408 g/mol. The molecule has 2 aliphatic rings. The first-order chi connectivity index (χ1) is 15.1. The van der Waals surface area contributed by atoms with E-state index in [0.29, 0.717) is 24.7 Å². The Bertz CT molecular complexity index is 547. The van der Waals surface area contributed by atoms with Crippen LogP contribution in [0.3, 0.4) is 0 Å². The maximum atomic E-state index is 12.6. The van der Waals surface area contributed by atoms with Crippen LogP contribution in [0.5, 0.6) is 0 Å². The summed E-state index contributed by atoms with van der Waals surface area (Å²) in [7, 11) is 0. The lowest BCUT2D eigenvalue weighted by Crippen LogP contribution is -2.36. The predicted octanol–water partition coefficient (Wildman–Crippen LogP) is 6.71. The van der Waals surface area contributed by atoms with Crippen LogP contribution in [0.4, 0.5) is 0 Å². The number of hydrogen-bond acceptors (Lipinski definition) is 6. The largest absolute Gasteiger partial charge is 0.345 e. The van der Waals surface area contributed by atoms with Crippen LogP contribution in [0.1, 0.15) is 119 Å². The topological polar surface area (TPSA) is 71.1 Å². The lowest BCUT2D eigenvalue weighted by Gasteiger charge is -2.32. The summed E-state index contributed by atoms with van der Waals surface area (Å²) < 4.78 is 0. The molecule has 6 heteroatoms. The van der Waals surface area contributed by atoms with Crippen LogP contribution in [0.15, 0.2) is 0 Å². The Morgan fingerprint density at radius 3 is 1.34 bits per heavy atom. The molecule has 186 valence electrons. The van der Waals surface area contributed by atoms with Gasteiger partial charge in [-0.05, 0) is 78.1 Å². The lowest BCUT2D eigenvalue weighted by atomic mass is 9.78. The summed E-state index contributed by atoms with van der Waals surface area (Å²) >= 11 is 0. The van der Waals surface area contributed by atoms with Gasteiger partial charge < -0.3 is 0 Å². The SMILES string of the molecule is CCC1CCCCC1C(=O)OOC(C)(C)CCC(C)(C)OOC(=O)C1CCCCC1CC. The average molecular weight is 455 g/mol. The van der Waals surface area contributed by atoms with Crippen LogP contribution in [-0.4, -0.2) is 23.1 Å². The van der Waals surface area contributed by atoms with Crippen molar-refractivity contribution in [3.05, 3.63) is 0 Å². The third-order valence-electron chi connectivity index (χ3n) is 7.50. The molecule has 0 bridgehead atoms. The van der Waals surface area contributed by atoms with E-state index in [9.17, 15) is 9.59 Å². The summed E-state index contributed by atoms with van der Waals surface area (Å²) in [5.74, 6) is 0.174. The van der Waals surface area contributed by atoms with Gasteiger partial charge in [0, 0.05) is 0 Å². The summed E-state index contributed by atoms with van der Waals surface area (Å²) in [5.41, 5.74) is -1.32. The zero-order valence-corrected chi connectivity index (χ0v) is 21.2. The Morgan fingerprint density at radius 1 is 0.656 bits per heavy atom. The molecule has 0 heterocycles. The van der Waals surface area contributed by atoms with Gasteiger partial charge in [0.1, 0.15) is 11.2 Å². The van der Waals surface area contributed by atoms with Gasteiger partial charge in [-0.1, -0.05) is 52.4 Å². The Kier molecular flexibility index (Phi) is 10.5. The molecule has 0 spiro atoms. The van der Waals surface area contributed by atoms with Crippen LogP contribution in [-0.2, 0) is 29.1 Å². The molecule has 2 saturated carbocycles. The molecule has 0 aromatic heterocycles. The van der Waals surface area contributed by atoms with Crippen LogP contribution in [0.2, 0.25) is 0 Å². The third kappa shape index (κ3) is 8.33. The van der Waals surface area contributed by atoms with E-state index in [1.807, 2.05) is 27.7 Å². The molecule has 32 heavy (non-hydrogen) atoms. The fourth-order valence-electron chi connectivity index (χ4n) is 5.13. The Labute approximate surface area is 194 Å². The van der Waals surface area contributed by atoms with E-state index in [2.05, 4.69) is 13.8 Å². The van der Waals surface area contributed by atoms with Gasteiger partial charge in [0.05, 0.1) is 11.8 Å². The fourth-order valence-corrected chi connectivity index (χ4v) is 5.13. The van der Waals surface area contributed by atoms with Crippen molar-refractivity contribution in [2.75, 3.05) is 0 Å². The van der Waals surface area contributed by atoms with Crippen LogP contribution in [0, 0.1) is 23.7 Å². The van der Waals surface area contributed by atoms with Crippen molar-refractivity contribution in [3.8, 4) is 0 Å². The Hall–Kier alpha value is -1.14. The maximum Gasteiger partial charge on any atom is 0.345 e. The monoisotopic (exact) mass is 454 g/mol. The summed E-state index contributed by atoms with van der Waals surface area (Å²) in [4.78, 5) is 46.8. The molecule has 0 amide bonds. The Morgan fingerprint density at radius 2 is 1.00 bits per heavy atom. The second kappa shape index (κ2) is 12.4. The van der Waals surface area contributed by atoms with Gasteiger partial charge in [0.15, 0.2) is 0 Å². The van der Waals surface area contributed by atoms with Gasteiger partial charge in [-0.2, -0.15) is 9.78 Å². The van der Waals surface area contributed by atoms with Crippen LogP contribution >= 0.6 is 0 Å². The summed E-state index contributed by atoms with van der Waals surface area (Å²) in [6.45, 7) is 11.9. The zero-order valence-electron chi connectivity index (χ0n) is 21.2. The van der Waals surface area contributed by atoms with Gasteiger partial charge in [-0.15, -0.1) is 0 Å². The highest BCUT2D eigenvalue weighted by molar-refractivity contribution is 5.72. The van der Waals surface area contributed by atoms with E-state index in [4.69, 9.17) is 19.6 Å². The van der Waals surface area contributed by atoms with Gasteiger partial charge in [0.2, 0.25) is 0 Å². The lowest BCUT2D eigenvalue weighted by molar-refractivity contribution is -0.344. The molecule has 4 unspecified atom stereocenters. The number of carbonyl (C=O) groups excluding carboxylic acids is 2. The van der Waals surface area contributed by atoms with Crippen molar-refractivity contribution < 1.29 is 29.1 Å². The molecule has 0 N–H and O–H groups in total. The highest BCUT2D eigenvalue weighted by Crippen LogP contribution is 2.35. The van der Waals surface area contributed by atoms with Gasteiger partial charge in [-0.3, -0.25) is 9.78 Å². The van der Waals surface area contributed by atoms with Crippen molar-refractivity contribution in [3.63, 3.8) is 0 Å². The number of carbonyl (C=O) groups is 2. The summed E-state index contributed by atoms with van der Waals surface area (Å²) in [6.07, 6.45) is 11.6. The standard InChI is InChI=1S/C26H46O6/c1-7-19-13-9-11-15-21(19)23(27)29-31-25(3,4)17-18-26(5,6)32-30-24(28)22-16-12-10-14-20(22)8-2/h19-22H,7-18H2,1-6H3. The average Bonchev–Trinajstić information content (AvgIpc) is 2.80. The van der Waals surface area contributed by atoms with E-state index in [0.717, 1.165) is 51.4 Å². The van der Waals surface area contributed by atoms with Gasteiger partial charge >= 0.3 is 11.9 Å². The molecular formula is C26H46O6. The van der Waals surface area contributed by atoms with Crippen LogP contribution in [0.25, 0.3) is 0 Å². The minimum atomic E-state index is -0.659. The van der Waals surface area contributed by atoms with Crippen molar-refractivity contribution in [2.24, 2.45) is 23.7 Å². The first-order valence-electron chi connectivity index (χ1n) is 12.9. The minimum absolute atomic E-state index is 0.0597. The van der Waals surface area contributed by atoms with Gasteiger partial charge in [0.25, 0.3) is 0 Å². The molecule has 0 radical (unpaired) electrons. The van der Waals surface area contributed by atoms with E-state index in [-0.39, 0.29) is 23.8 Å². The van der Waals surface area contributed by atoms with Crippen molar-refractivity contribution in [1.82, 2.24) is 0 Å². The fraction of sp³-hybridized carbons (Fsp3) is 0.923. The summed E-state index contributed by atoms with van der Waals surface area (Å²) in [6, 6.07) is 0. The smallest absolute Gasteiger partial charge is 0.297 e. The first-order valence-corrected chi connectivity index (χ1v) is 12.9. The first kappa shape index (κ1) is 27.1. The maximum absolute atomic E-state index is 12.6. The van der Waals surface area contributed by atoms with Crippen LogP contribution < -0.4 is 0 Å². The van der Waals surface area contributed by atoms with E-state index in [1.165, 1.54) is 12.8 Å². The Balaban J connectivity index is 1.76. The van der Waals surface area contributed by atoms with E-state index in [1.54, 1.807) is 0 Å². The highest BCUT2D eigenvalue weighted by atomic mass is 17.2.